The van der Waals surface area contributed by atoms with Crippen LogP contribution in [0, 0.1) is 0 Å². The first-order chi connectivity index (χ1) is 7.25. The van der Waals surface area contributed by atoms with Gasteiger partial charge in [-0.1, -0.05) is 0 Å². The van der Waals surface area contributed by atoms with E-state index >= 15 is 0 Å². The Morgan fingerprint density at radius 3 is 2.93 bits per heavy atom. The van der Waals surface area contributed by atoms with E-state index in [-0.39, 0.29) is 6.10 Å². The number of hydrogen-bond acceptors (Lipinski definition) is 4. The van der Waals surface area contributed by atoms with E-state index in [9.17, 15) is 5.11 Å². The van der Waals surface area contributed by atoms with E-state index < -0.39 is 0 Å². The van der Waals surface area contributed by atoms with Crippen molar-refractivity contribution in [2.75, 3.05) is 18.0 Å². The fraction of sp³-hybridized carbons (Fsp3) is 0.400. The summed E-state index contributed by atoms with van der Waals surface area (Å²) in [6.45, 7) is 1.31. The average molecular weight is 204 g/mol. The Hall–Kier alpha value is -1.62. The van der Waals surface area contributed by atoms with Crippen LogP contribution < -0.4 is 4.90 Å². The minimum absolute atomic E-state index is 0.217. The molecule has 0 unspecified atom stereocenters. The largest absolute Gasteiger partial charge is 0.389 e. The SMILES string of the molecule is Cn1cnc2c(N3CC(O)C3)nccc21. The standard InChI is InChI=1S/C10H12N4O/c1-13-6-12-9-8(13)2-3-11-10(9)14-4-7(15)5-14/h2-3,6-7,15H,4-5H2,1H3. The minimum Gasteiger partial charge on any atom is -0.389 e. The average Bonchev–Trinajstić information content (AvgIpc) is 2.56. The Bertz CT molecular complexity index is 501. The van der Waals surface area contributed by atoms with Gasteiger partial charge in [0.25, 0.3) is 0 Å². The molecule has 1 N–H and O–H groups in total. The van der Waals surface area contributed by atoms with Gasteiger partial charge in [0.1, 0.15) is 5.52 Å². The molecule has 0 spiro atoms. The zero-order valence-electron chi connectivity index (χ0n) is 8.46. The molecule has 5 nitrogen and oxygen atoms in total. The summed E-state index contributed by atoms with van der Waals surface area (Å²) in [5.41, 5.74) is 1.98. The summed E-state index contributed by atoms with van der Waals surface area (Å²) in [6.07, 6.45) is 3.35. The summed E-state index contributed by atoms with van der Waals surface area (Å²) in [7, 11) is 1.96. The van der Waals surface area contributed by atoms with Crippen LogP contribution in [0.2, 0.25) is 0 Å². The van der Waals surface area contributed by atoms with Crippen LogP contribution in [0.25, 0.3) is 11.0 Å². The number of fused-ring (bicyclic) bond motifs is 1. The molecule has 5 heteroatoms. The van der Waals surface area contributed by atoms with E-state index in [1.54, 1.807) is 12.5 Å². The van der Waals surface area contributed by atoms with Crippen molar-refractivity contribution in [2.45, 2.75) is 6.10 Å². The summed E-state index contributed by atoms with van der Waals surface area (Å²) < 4.78 is 1.97. The van der Waals surface area contributed by atoms with Crippen molar-refractivity contribution >= 4 is 16.9 Å². The van der Waals surface area contributed by atoms with Crippen LogP contribution in [0.1, 0.15) is 0 Å². The lowest BCUT2D eigenvalue weighted by Gasteiger charge is -2.36. The second-order valence-electron chi connectivity index (χ2n) is 3.92. The van der Waals surface area contributed by atoms with Crippen molar-refractivity contribution in [1.29, 1.82) is 0 Å². The quantitative estimate of drug-likeness (QED) is 0.718. The van der Waals surface area contributed by atoms with Crippen molar-refractivity contribution in [2.24, 2.45) is 7.05 Å². The fourth-order valence-corrected chi connectivity index (χ4v) is 1.91. The van der Waals surface area contributed by atoms with E-state index in [1.165, 1.54) is 0 Å². The van der Waals surface area contributed by atoms with Gasteiger partial charge in [-0.15, -0.1) is 0 Å². The molecular formula is C10H12N4O. The van der Waals surface area contributed by atoms with Gasteiger partial charge in [-0.3, -0.25) is 0 Å². The van der Waals surface area contributed by atoms with Crippen LogP contribution >= 0.6 is 0 Å². The predicted molar refractivity (Wildman–Crippen MR) is 56.7 cm³/mol. The summed E-state index contributed by atoms with van der Waals surface area (Å²) in [5, 5.41) is 9.26. The first kappa shape index (κ1) is 8.67. The monoisotopic (exact) mass is 204 g/mol. The second kappa shape index (κ2) is 2.93. The second-order valence-corrected chi connectivity index (χ2v) is 3.92. The maximum absolute atomic E-state index is 9.26. The van der Waals surface area contributed by atoms with E-state index in [4.69, 9.17) is 0 Å². The molecule has 0 aliphatic carbocycles. The smallest absolute Gasteiger partial charge is 0.156 e. The Morgan fingerprint density at radius 2 is 2.20 bits per heavy atom. The van der Waals surface area contributed by atoms with E-state index in [0.717, 1.165) is 16.9 Å². The Labute approximate surface area is 87.0 Å². The molecule has 2 aromatic heterocycles. The first-order valence-electron chi connectivity index (χ1n) is 4.95. The first-order valence-corrected chi connectivity index (χ1v) is 4.95. The predicted octanol–water partition coefficient (Wildman–Crippen LogP) is 0.149. The van der Waals surface area contributed by atoms with Gasteiger partial charge in [0.05, 0.1) is 17.9 Å². The van der Waals surface area contributed by atoms with Gasteiger partial charge in [-0.2, -0.15) is 0 Å². The van der Waals surface area contributed by atoms with Gasteiger partial charge >= 0.3 is 0 Å². The van der Waals surface area contributed by atoms with Gasteiger partial charge < -0.3 is 14.6 Å². The molecule has 1 saturated heterocycles. The summed E-state index contributed by atoms with van der Waals surface area (Å²) >= 11 is 0. The maximum Gasteiger partial charge on any atom is 0.156 e. The molecule has 2 aromatic rings. The molecule has 0 radical (unpaired) electrons. The Morgan fingerprint density at radius 1 is 1.40 bits per heavy atom. The number of rotatable bonds is 1. The summed E-state index contributed by atoms with van der Waals surface area (Å²) in [5.74, 6) is 0.874. The van der Waals surface area contributed by atoms with Crippen LogP contribution in [0.4, 0.5) is 5.82 Å². The summed E-state index contributed by atoms with van der Waals surface area (Å²) in [4.78, 5) is 10.7. The number of nitrogens with zero attached hydrogens (tertiary/aromatic N) is 4. The van der Waals surface area contributed by atoms with Crippen LogP contribution in [0.15, 0.2) is 18.6 Å². The molecule has 78 valence electrons. The normalized spacial score (nSPS) is 17.1. The Balaban J connectivity index is 2.10. The number of aliphatic hydroxyl groups is 1. The lowest BCUT2D eigenvalue weighted by atomic mass is 10.1. The van der Waals surface area contributed by atoms with Crippen molar-refractivity contribution in [3.05, 3.63) is 18.6 Å². The highest BCUT2D eigenvalue weighted by atomic mass is 16.3. The van der Waals surface area contributed by atoms with Gasteiger partial charge in [0.2, 0.25) is 0 Å². The number of anilines is 1. The number of β-amino-alcohol motifs (C(OH)–C–C–N with tert-alkyl or cyclic N) is 1. The third-order valence-corrected chi connectivity index (χ3v) is 2.79. The van der Waals surface area contributed by atoms with Crippen molar-refractivity contribution < 1.29 is 5.11 Å². The molecule has 0 saturated carbocycles. The molecule has 3 heterocycles. The Kier molecular flexibility index (Phi) is 1.70. The van der Waals surface area contributed by atoms with Crippen molar-refractivity contribution in [3.8, 4) is 0 Å². The number of hydrogen-bond donors (Lipinski definition) is 1. The van der Waals surface area contributed by atoms with Crippen molar-refractivity contribution in [1.82, 2.24) is 14.5 Å². The van der Waals surface area contributed by atoms with Gasteiger partial charge in [-0.25, -0.2) is 9.97 Å². The van der Waals surface area contributed by atoms with E-state index in [2.05, 4.69) is 9.97 Å². The van der Waals surface area contributed by atoms with Crippen LogP contribution in [0.3, 0.4) is 0 Å². The maximum atomic E-state index is 9.26. The van der Waals surface area contributed by atoms with Crippen LogP contribution in [0.5, 0.6) is 0 Å². The molecule has 0 atom stereocenters. The molecule has 1 fully saturated rings. The van der Waals surface area contributed by atoms with E-state index in [1.807, 2.05) is 22.6 Å². The minimum atomic E-state index is -0.217. The molecule has 0 amide bonds. The van der Waals surface area contributed by atoms with Crippen molar-refractivity contribution in [3.63, 3.8) is 0 Å². The number of imidazole rings is 1. The molecule has 15 heavy (non-hydrogen) atoms. The number of pyridine rings is 1. The third-order valence-electron chi connectivity index (χ3n) is 2.79. The molecule has 1 aliphatic rings. The fourth-order valence-electron chi connectivity index (χ4n) is 1.91. The lowest BCUT2D eigenvalue weighted by Crippen LogP contribution is -2.51. The number of aryl methyl sites for hydroxylation is 1. The summed E-state index contributed by atoms with van der Waals surface area (Å²) in [6, 6.07) is 1.95. The van der Waals surface area contributed by atoms with Gasteiger partial charge in [0.15, 0.2) is 5.82 Å². The molecule has 0 bridgehead atoms. The number of aromatic nitrogens is 3. The topological polar surface area (TPSA) is 54.2 Å². The molecule has 1 aliphatic heterocycles. The number of aliphatic hydroxyl groups excluding tert-OH is 1. The molecule has 3 rings (SSSR count). The molecular weight excluding hydrogens is 192 g/mol. The van der Waals surface area contributed by atoms with E-state index in [0.29, 0.717) is 13.1 Å². The molecule has 0 aromatic carbocycles. The van der Waals surface area contributed by atoms with Crippen LogP contribution in [-0.4, -0.2) is 38.8 Å². The van der Waals surface area contributed by atoms with Crippen LogP contribution in [-0.2, 0) is 7.05 Å². The highest BCUT2D eigenvalue weighted by Gasteiger charge is 2.27. The lowest BCUT2D eigenvalue weighted by molar-refractivity contribution is 0.141. The highest BCUT2D eigenvalue weighted by Crippen LogP contribution is 2.25. The third kappa shape index (κ3) is 1.20. The zero-order chi connectivity index (χ0) is 10.4. The zero-order valence-corrected chi connectivity index (χ0v) is 8.46. The van der Waals surface area contributed by atoms with Gasteiger partial charge in [0, 0.05) is 26.3 Å². The highest BCUT2D eigenvalue weighted by molar-refractivity contribution is 5.86. The van der Waals surface area contributed by atoms with Gasteiger partial charge in [-0.05, 0) is 6.07 Å².